The number of hydrogen-bond donors (Lipinski definition) is 2. The van der Waals surface area contributed by atoms with E-state index in [1.807, 2.05) is 6.08 Å². The van der Waals surface area contributed by atoms with Gasteiger partial charge in [-0.05, 0) is 73.2 Å². The second-order valence-electron chi connectivity index (χ2n) is 9.42. The first kappa shape index (κ1) is 17.4. The second kappa shape index (κ2) is 5.75. The summed E-state index contributed by atoms with van der Waals surface area (Å²) in [4.78, 5) is 24.2. The summed E-state index contributed by atoms with van der Waals surface area (Å²) in [5.41, 5.74) is 0.979. The smallest absolute Gasteiger partial charge is 0.161 e. The van der Waals surface area contributed by atoms with Crippen molar-refractivity contribution in [2.75, 3.05) is 6.61 Å². The Bertz CT molecular complexity index is 638. The van der Waals surface area contributed by atoms with E-state index in [1.165, 1.54) is 5.57 Å². The van der Waals surface area contributed by atoms with Crippen LogP contribution in [0.3, 0.4) is 0 Å². The van der Waals surface area contributed by atoms with Crippen LogP contribution in [0.5, 0.6) is 0 Å². The van der Waals surface area contributed by atoms with Crippen molar-refractivity contribution in [3.8, 4) is 0 Å². The summed E-state index contributed by atoms with van der Waals surface area (Å²) in [5, 5.41) is 20.5. The lowest BCUT2D eigenvalue weighted by Gasteiger charge is -2.59. The molecule has 3 saturated carbocycles. The van der Waals surface area contributed by atoms with E-state index in [0.29, 0.717) is 24.7 Å². The molecule has 3 fully saturated rings. The van der Waals surface area contributed by atoms with Gasteiger partial charge in [-0.25, -0.2) is 0 Å². The Labute approximate surface area is 149 Å². The van der Waals surface area contributed by atoms with Gasteiger partial charge in [-0.3, -0.25) is 9.59 Å². The molecule has 138 valence electrons. The van der Waals surface area contributed by atoms with Gasteiger partial charge >= 0.3 is 0 Å². The van der Waals surface area contributed by atoms with Crippen molar-refractivity contribution in [2.24, 2.45) is 34.5 Å². The molecule has 0 aromatic heterocycles. The van der Waals surface area contributed by atoms with E-state index in [0.717, 1.165) is 32.1 Å². The molecule has 0 unspecified atom stereocenters. The minimum absolute atomic E-state index is 0.0541. The van der Waals surface area contributed by atoms with Gasteiger partial charge in [-0.2, -0.15) is 0 Å². The SMILES string of the molecule is C[C@@]12C[C@@H](O)[C@@H]3[C@H](CCC4=CC(=O)CC[C@]43C)[C@H]1CC[C@H]2C(=O)CO. The van der Waals surface area contributed by atoms with E-state index in [1.54, 1.807) is 0 Å². The van der Waals surface area contributed by atoms with E-state index in [9.17, 15) is 19.8 Å². The highest BCUT2D eigenvalue weighted by molar-refractivity contribution is 5.91. The molecule has 0 radical (unpaired) electrons. The van der Waals surface area contributed by atoms with Crippen LogP contribution >= 0.6 is 0 Å². The highest BCUT2D eigenvalue weighted by Crippen LogP contribution is 2.66. The Morgan fingerprint density at radius 3 is 2.72 bits per heavy atom. The van der Waals surface area contributed by atoms with Gasteiger partial charge in [0.1, 0.15) is 6.61 Å². The summed E-state index contributed by atoms with van der Waals surface area (Å²) in [5.74, 6) is 1.12. The van der Waals surface area contributed by atoms with Gasteiger partial charge in [0.05, 0.1) is 6.10 Å². The van der Waals surface area contributed by atoms with Crippen LogP contribution in [0.1, 0.15) is 58.8 Å². The molecule has 4 heteroatoms. The quantitative estimate of drug-likeness (QED) is 0.806. The molecular formula is C21H30O4. The van der Waals surface area contributed by atoms with Gasteiger partial charge in [-0.1, -0.05) is 19.4 Å². The maximum atomic E-state index is 12.3. The molecule has 7 atom stereocenters. The average Bonchev–Trinajstić information content (AvgIpc) is 2.91. The normalized spacial score (nSPS) is 49.0. The number of Topliss-reactive ketones (excluding diaryl/α,β-unsaturated/α-hetero) is 1. The molecule has 0 aromatic carbocycles. The molecule has 0 saturated heterocycles. The molecule has 4 nitrogen and oxygen atoms in total. The summed E-state index contributed by atoms with van der Waals surface area (Å²) in [7, 11) is 0. The number of aliphatic hydroxyl groups excluding tert-OH is 2. The van der Waals surface area contributed by atoms with Gasteiger partial charge in [0.25, 0.3) is 0 Å². The predicted octanol–water partition coefficient (Wildman–Crippen LogP) is 2.67. The number of carbonyl (C=O) groups is 2. The maximum absolute atomic E-state index is 12.3. The number of fused-ring (bicyclic) bond motifs is 5. The first-order valence-electron chi connectivity index (χ1n) is 9.87. The third-order valence-electron chi connectivity index (χ3n) is 8.44. The highest BCUT2D eigenvalue weighted by Gasteiger charge is 2.62. The fraction of sp³-hybridized carbons (Fsp3) is 0.810. The van der Waals surface area contributed by atoms with Gasteiger partial charge in [0.15, 0.2) is 11.6 Å². The number of hydrogen-bond acceptors (Lipinski definition) is 4. The molecule has 2 N–H and O–H groups in total. The van der Waals surface area contributed by atoms with Crippen molar-refractivity contribution < 1.29 is 19.8 Å². The van der Waals surface area contributed by atoms with Crippen molar-refractivity contribution in [3.05, 3.63) is 11.6 Å². The van der Waals surface area contributed by atoms with E-state index >= 15 is 0 Å². The minimum atomic E-state index is -0.430. The lowest BCUT2D eigenvalue weighted by molar-refractivity contribution is -0.146. The Balaban J connectivity index is 1.70. The summed E-state index contributed by atoms with van der Waals surface area (Å²) in [6.07, 6.45) is 7.32. The first-order valence-corrected chi connectivity index (χ1v) is 9.87. The minimum Gasteiger partial charge on any atom is -0.393 e. The summed E-state index contributed by atoms with van der Waals surface area (Å²) in [6, 6.07) is 0. The van der Waals surface area contributed by atoms with Crippen LogP contribution in [0, 0.1) is 34.5 Å². The Hall–Kier alpha value is -1.00. The number of aliphatic hydroxyl groups is 2. The predicted molar refractivity (Wildman–Crippen MR) is 93.7 cm³/mol. The van der Waals surface area contributed by atoms with Crippen molar-refractivity contribution in [1.29, 1.82) is 0 Å². The van der Waals surface area contributed by atoms with Gasteiger partial charge in [-0.15, -0.1) is 0 Å². The topological polar surface area (TPSA) is 74.6 Å². The Morgan fingerprint density at radius 1 is 1.24 bits per heavy atom. The largest absolute Gasteiger partial charge is 0.393 e. The summed E-state index contributed by atoms with van der Waals surface area (Å²) >= 11 is 0. The van der Waals surface area contributed by atoms with E-state index in [4.69, 9.17) is 0 Å². The molecule has 4 aliphatic carbocycles. The van der Waals surface area contributed by atoms with Crippen molar-refractivity contribution in [1.82, 2.24) is 0 Å². The summed E-state index contributed by atoms with van der Waals surface area (Å²) < 4.78 is 0. The zero-order valence-electron chi connectivity index (χ0n) is 15.3. The molecule has 0 amide bonds. The standard InChI is InChI=1S/C21H30O4/c1-20-8-7-13(23)9-12(20)3-4-14-15-5-6-16(18(25)11-22)21(15,2)10-17(24)19(14)20/h9,14-17,19,22,24H,3-8,10-11H2,1-2H3/t14-,15-,16+,17-,19+,20-,21-/m1/s1. The molecule has 0 aromatic rings. The van der Waals surface area contributed by atoms with Crippen LogP contribution in [-0.4, -0.2) is 34.5 Å². The van der Waals surface area contributed by atoms with Crippen LogP contribution in [0.25, 0.3) is 0 Å². The third kappa shape index (κ3) is 2.33. The number of rotatable bonds is 2. The number of carbonyl (C=O) groups excluding carboxylic acids is 2. The third-order valence-corrected chi connectivity index (χ3v) is 8.44. The van der Waals surface area contributed by atoms with Crippen LogP contribution in [0.4, 0.5) is 0 Å². The monoisotopic (exact) mass is 346 g/mol. The maximum Gasteiger partial charge on any atom is 0.161 e. The molecular weight excluding hydrogens is 316 g/mol. The van der Waals surface area contributed by atoms with Crippen molar-refractivity contribution in [3.63, 3.8) is 0 Å². The van der Waals surface area contributed by atoms with Gasteiger partial charge in [0, 0.05) is 12.3 Å². The van der Waals surface area contributed by atoms with Crippen LogP contribution < -0.4 is 0 Å². The van der Waals surface area contributed by atoms with Crippen molar-refractivity contribution in [2.45, 2.75) is 64.9 Å². The number of ketones is 2. The van der Waals surface area contributed by atoms with Gasteiger partial charge < -0.3 is 10.2 Å². The first-order chi connectivity index (χ1) is 11.8. The zero-order valence-corrected chi connectivity index (χ0v) is 15.3. The Kier molecular flexibility index (Phi) is 4.01. The molecule has 0 aliphatic heterocycles. The summed E-state index contributed by atoms with van der Waals surface area (Å²) in [6.45, 7) is 4.03. The average molecular weight is 346 g/mol. The highest BCUT2D eigenvalue weighted by atomic mass is 16.3. The zero-order chi connectivity index (χ0) is 18.0. The van der Waals surface area contributed by atoms with Crippen LogP contribution in [-0.2, 0) is 9.59 Å². The molecule has 0 heterocycles. The van der Waals surface area contributed by atoms with Crippen LogP contribution in [0.15, 0.2) is 11.6 Å². The van der Waals surface area contributed by atoms with Crippen molar-refractivity contribution >= 4 is 11.6 Å². The molecule has 0 bridgehead atoms. The van der Waals surface area contributed by atoms with Gasteiger partial charge in [0.2, 0.25) is 0 Å². The molecule has 0 spiro atoms. The lowest BCUT2D eigenvalue weighted by Crippen LogP contribution is -2.57. The van der Waals surface area contributed by atoms with E-state index in [-0.39, 0.29) is 40.8 Å². The molecule has 25 heavy (non-hydrogen) atoms. The van der Waals surface area contributed by atoms with Crippen LogP contribution in [0.2, 0.25) is 0 Å². The second-order valence-corrected chi connectivity index (χ2v) is 9.42. The fourth-order valence-electron chi connectivity index (χ4n) is 7.33. The molecule has 4 aliphatic rings. The van der Waals surface area contributed by atoms with E-state index < -0.39 is 6.10 Å². The van der Waals surface area contributed by atoms with E-state index in [2.05, 4.69) is 13.8 Å². The fourth-order valence-corrected chi connectivity index (χ4v) is 7.33. The lowest BCUT2D eigenvalue weighted by atomic mass is 9.46. The Morgan fingerprint density at radius 2 is 2.00 bits per heavy atom. The number of allylic oxidation sites excluding steroid dienone is 1. The molecule has 4 rings (SSSR count).